The zero-order chi connectivity index (χ0) is 30.9. The molecule has 0 fully saturated rings. The average molecular weight is 619 g/mol. The summed E-state index contributed by atoms with van der Waals surface area (Å²) in [6, 6.07) is 9.88. The lowest BCUT2D eigenvalue weighted by atomic mass is 10.1. The van der Waals surface area contributed by atoms with Crippen molar-refractivity contribution in [1.29, 1.82) is 0 Å². The lowest BCUT2D eigenvalue weighted by Gasteiger charge is -2.35. The summed E-state index contributed by atoms with van der Waals surface area (Å²) in [5.74, 6) is -1.14. The number of amides is 2. The van der Waals surface area contributed by atoms with E-state index in [-0.39, 0.29) is 22.9 Å². The highest BCUT2D eigenvalue weighted by Gasteiger charge is 2.38. The fourth-order valence-electron chi connectivity index (χ4n) is 3.88. The number of nitrogens with one attached hydrogen (secondary N) is 2. The summed E-state index contributed by atoms with van der Waals surface area (Å²) < 4.78 is 112. The fraction of sp³-hybridized carbons (Fsp3) is 0.200. The number of rotatable bonds is 7. The Labute approximate surface area is 233 Å². The van der Waals surface area contributed by atoms with Gasteiger partial charge in [0.15, 0.2) is 5.75 Å². The van der Waals surface area contributed by atoms with Crippen LogP contribution in [0.1, 0.15) is 17.5 Å². The van der Waals surface area contributed by atoms with E-state index < -0.39 is 69.5 Å². The molecule has 0 spiro atoms. The van der Waals surface area contributed by atoms with E-state index in [1.807, 2.05) is 10.8 Å². The zero-order valence-electron chi connectivity index (χ0n) is 20.9. The van der Waals surface area contributed by atoms with Crippen LogP contribution < -0.4 is 24.7 Å². The van der Waals surface area contributed by atoms with Gasteiger partial charge in [-0.2, -0.15) is 31.8 Å². The summed E-state index contributed by atoms with van der Waals surface area (Å²) in [6.07, 6.45) is -12.7. The highest BCUT2D eigenvalue weighted by Crippen LogP contribution is 2.40. The number of ether oxygens (including phenoxy) is 1. The summed E-state index contributed by atoms with van der Waals surface area (Å²) in [6.45, 7) is -0.587. The minimum atomic E-state index is -4.85. The normalized spacial score (nSPS) is 15.3. The first-order valence-corrected chi connectivity index (χ1v) is 13.1. The van der Waals surface area contributed by atoms with E-state index >= 15 is 0 Å². The molecule has 224 valence electrons. The van der Waals surface area contributed by atoms with E-state index in [0.717, 1.165) is 42.5 Å². The quantitative estimate of drug-likeness (QED) is 0.242. The van der Waals surface area contributed by atoms with Crippen LogP contribution in [0.5, 0.6) is 11.5 Å². The van der Waals surface area contributed by atoms with Crippen molar-refractivity contribution in [3.8, 4) is 11.5 Å². The molecule has 1 aliphatic heterocycles. The van der Waals surface area contributed by atoms with E-state index in [1.165, 1.54) is 12.1 Å². The molecule has 1 unspecified atom stereocenters. The van der Waals surface area contributed by atoms with Crippen LogP contribution in [0.3, 0.4) is 0 Å². The highest BCUT2D eigenvalue weighted by atomic mass is 32.2. The van der Waals surface area contributed by atoms with Crippen LogP contribution in [0.4, 0.5) is 42.5 Å². The van der Waals surface area contributed by atoms with Gasteiger partial charge in [-0.15, -0.1) is 0 Å². The van der Waals surface area contributed by atoms with E-state index in [9.17, 15) is 44.3 Å². The summed E-state index contributed by atoms with van der Waals surface area (Å²) >= 11 is 0. The van der Waals surface area contributed by atoms with Gasteiger partial charge in [-0.3, -0.25) is 14.4 Å². The first kappa shape index (κ1) is 30.3. The molecule has 4 rings (SSSR count). The Balaban J connectivity index is 1.58. The van der Waals surface area contributed by atoms with Crippen LogP contribution >= 0.6 is 0 Å². The van der Waals surface area contributed by atoms with E-state index in [1.54, 1.807) is 0 Å². The third-order valence-corrected chi connectivity index (χ3v) is 7.54. The number of carbonyl (C=O) groups excluding carboxylic acids is 1. The third kappa shape index (κ3) is 6.96. The third-order valence-electron chi connectivity index (χ3n) is 5.77. The number of alkyl halides is 6. The van der Waals surface area contributed by atoms with Crippen molar-refractivity contribution < 1.29 is 59.0 Å². The van der Waals surface area contributed by atoms with Gasteiger partial charge >= 0.3 is 18.4 Å². The Bertz CT molecular complexity index is 1600. The number of hydroxylamine groups is 1. The van der Waals surface area contributed by atoms with Gasteiger partial charge in [-0.05, 0) is 60.7 Å². The summed E-state index contributed by atoms with van der Waals surface area (Å²) in [5, 5.41) is 11.0. The number of hydrogen-bond donors (Lipinski definition) is 3. The molecular formula is C25H19F6N3O7S. The molecule has 17 heteroatoms. The van der Waals surface area contributed by atoms with Gasteiger partial charge in [-0.25, -0.2) is 13.2 Å². The maximum Gasteiger partial charge on any atom is 0.416 e. The van der Waals surface area contributed by atoms with Crippen molar-refractivity contribution in [2.75, 3.05) is 16.2 Å². The standard InChI is InChI=1S/C25H19F6N3O7S/c26-24(27,28)14-4-7-17(8-5-14)41-33-22(35)12-18-13-34(20-11-16(32-23(36)37)6-9-21(20)40-18)42(38,39)19-3-1-2-15(10-19)25(29,30)31/h1-11,18,32H,12-13H2,(H,33,35)(H,36,37). The SMILES string of the molecule is O=C(O)Nc1ccc2c(c1)N(S(=O)(=O)c1cccc(C(F)(F)F)c1)CC(CC(=O)NOc1ccc(C(F)(F)F)cc1)O2. The summed E-state index contributed by atoms with van der Waals surface area (Å²) in [4.78, 5) is 27.9. The molecular weight excluding hydrogens is 600 g/mol. The van der Waals surface area contributed by atoms with Crippen molar-refractivity contribution in [1.82, 2.24) is 5.48 Å². The van der Waals surface area contributed by atoms with Crippen LogP contribution in [-0.2, 0) is 27.2 Å². The first-order chi connectivity index (χ1) is 19.5. The second-order valence-electron chi connectivity index (χ2n) is 8.77. The number of carbonyl (C=O) groups is 2. The zero-order valence-corrected chi connectivity index (χ0v) is 21.7. The Hall–Kier alpha value is -4.67. The van der Waals surface area contributed by atoms with Gasteiger partial charge in [0, 0.05) is 5.69 Å². The number of carboxylic acid groups (broad SMARTS) is 1. The Morgan fingerprint density at radius 2 is 1.62 bits per heavy atom. The predicted octanol–water partition coefficient (Wildman–Crippen LogP) is 5.27. The number of fused-ring (bicyclic) bond motifs is 1. The van der Waals surface area contributed by atoms with Gasteiger partial charge < -0.3 is 14.7 Å². The monoisotopic (exact) mass is 619 g/mol. The second kappa shape index (κ2) is 11.3. The second-order valence-corrected chi connectivity index (χ2v) is 10.6. The maximum absolute atomic E-state index is 13.6. The van der Waals surface area contributed by atoms with Crippen molar-refractivity contribution in [2.45, 2.75) is 29.8 Å². The molecule has 0 aliphatic carbocycles. The van der Waals surface area contributed by atoms with Crippen LogP contribution in [0.15, 0.2) is 71.6 Å². The van der Waals surface area contributed by atoms with E-state index in [0.29, 0.717) is 16.4 Å². The first-order valence-electron chi connectivity index (χ1n) is 11.7. The number of sulfonamides is 1. The molecule has 3 N–H and O–H groups in total. The van der Waals surface area contributed by atoms with Gasteiger partial charge in [0.1, 0.15) is 11.9 Å². The smallest absolute Gasteiger partial charge is 0.416 e. The topological polar surface area (TPSA) is 134 Å². The fourth-order valence-corrected chi connectivity index (χ4v) is 5.43. The molecule has 1 aliphatic rings. The molecule has 0 radical (unpaired) electrons. The largest absolute Gasteiger partial charge is 0.486 e. The van der Waals surface area contributed by atoms with Crippen LogP contribution in [0.2, 0.25) is 0 Å². The van der Waals surface area contributed by atoms with Gasteiger partial charge in [-0.1, -0.05) is 6.07 Å². The van der Waals surface area contributed by atoms with Crippen LogP contribution in [0, 0.1) is 0 Å². The van der Waals surface area contributed by atoms with Crippen LogP contribution in [0.25, 0.3) is 0 Å². The lowest BCUT2D eigenvalue weighted by Crippen LogP contribution is -2.45. The molecule has 3 aromatic carbocycles. The summed E-state index contributed by atoms with van der Waals surface area (Å²) in [5.41, 5.74) is -0.458. The Kier molecular flexibility index (Phi) is 8.15. The molecule has 42 heavy (non-hydrogen) atoms. The average Bonchev–Trinajstić information content (AvgIpc) is 2.90. The number of halogens is 6. The molecule has 3 aromatic rings. The predicted molar refractivity (Wildman–Crippen MR) is 133 cm³/mol. The molecule has 0 aromatic heterocycles. The van der Waals surface area contributed by atoms with Gasteiger partial charge in [0.05, 0.1) is 34.7 Å². The molecule has 0 saturated carbocycles. The maximum atomic E-state index is 13.6. The summed E-state index contributed by atoms with van der Waals surface area (Å²) in [7, 11) is -4.72. The minimum Gasteiger partial charge on any atom is -0.486 e. The minimum absolute atomic E-state index is 0.0739. The van der Waals surface area contributed by atoms with Crippen LogP contribution in [-0.4, -0.2) is 38.2 Å². The van der Waals surface area contributed by atoms with E-state index in [2.05, 4.69) is 0 Å². The number of benzene rings is 3. The molecule has 0 bridgehead atoms. The Morgan fingerprint density at radius 1 is 0.952 bits per heavy atom. The Morgan fingerprint density at radius 3 is 2.24 bits per heavy atom. The number of hydrogen-bond acceptors (Lipinski definition) is 6. The number of nitrogens with zero attached hydrogens (tertiary/aromatic N) is 1. The molecule has 1 heterocycles. The van der Waals surface area contributed by atoms with Crippen molar-refractivity contribution in [2.24, 2.45) is 0 Å². The van der Waals surface area contributed by atoms with Gasteiger partial charge in [0.25, 0.3) is 15.9 Å². The molecule has 2 amide bonds. The molecule has 1 atom stereocenters. The molecule has 10 nitrogen and oxygen atoms in total. The van der Waals surface area contributed by atoms with Crippen molar-refractivity contribution in [3.63, 3.8) is 0 Å². The lowest BCUT2D eigenvalue weighted by molar-refractivity contribution is -0.138. The van der Waals surface area contributed by atoms with Crippen molar-refractivity contribution >= 4 is 33.4 Å². The van der Waals surface area contributed by atoms with Crippen molar-refractivity contribution in [3.05, 3.63) is 77.9 Å². The highest BCUT2D eigenvalue weighted by molar-refractivity contribution is 7.92. The number of anilines is 2. The van der Waals surface area contributed by atoms with E-state index in [4.69, 9.17) is 14.7 Å². The van der Waals surface area contributed by atoms with Gasteiger partial charge in [0.2, 0.25) is 0 Å². The molecule has 0 saturated heterocycles.